The molecular weight excluding hydrogens is 465 g/mol. The van der Waals surface area contributed by atoms with Crippen molar-refractivity contribution in [1.29, 1.82) is 0 Å². The van der Waals surface area contributed by atoms with Crippen molar-refractivity contribution in [3.63, 3.8) is 0 Å². The lowest BCUT2D eigenvalue weighted by Crippen LogP contribution is -2.17. The maximum absolute atomic E-state index is 13.8. The van der Waals surface area contributed by atoms with Crippen LogP contribution in [0.4, 0.5) is 13.2 Å². The van der Waals surface area contributed by atoms with E-state index < -0.39 is 23.4 Å². The van der Waals surface area contributed by atoms with Gasteiger partial charge in [-0.25, -0.2) is 19.3 Å². The number of alkyl halides is 3. The Morgan fingerprint density at radius 2 is 1.91 bits per heavy atom. The van der Waals surface area contributed by atoms with E-state index in [2.05, 4.69) is 10.1 Å². The zero-order valence-corrected chi connectivity index (χ0v) is 18.9. The smallest absolute Gasteiger partial charge is 0.434 e. The van der Waals surface area contributed by atoms with Gasteiger partial charge in [-0.3, -0.25) is 0 Å². The van der Waals surface area contributed by atoms with Gasteiger partial charge in [0.1, 0.15) is 0 Å². The van der Waals surface area contributed by atoms with E-state index in [9.17, 15) is 18.0 Å². The van der Waals surface area contributed by atoms with E-state index in [-0.39, 0.29) is 17.6 Å². The fourth-order valence-electron chi connectivity index (χ4n) is 3.80. The van der Waals surface area contributed by atoms with Crippen LogP contribution in [0.5, 0.6) is 0 Å². The minimum Gasteiger partial charge on any atom is -0.462 e. The maximum Gasteiger partial charge on any atom is 0.434 e. The van der Waals surface area contributed by atoms with E-state index in [4.69, 9.17) is 9.72 Å². The summed E-state index contributed by atoms with van der Waals surface area (Å²) in [7, 11) is 0. The molecule has 0 aliphatic rings. The van der Waals surface area contributed by atoms with Crippen molar-refractivity contribution in [2.75, 3.05) is 6.61 Å². The van der Waals surface area contributed by atoms with Gasteiger partial charge in [0.2, 0.25) is 0 Å². The van der Waals surface area contributed by atoms with Gasteiger partial charge in [-0.15, -0.1) is 16.4 Å². The fourth-order valence-corrected chi connectivity index (χ4v) is 4.48. The molecule has 0 unspecified atom stereocenters. The zero-order valence-electron chi connectivity index (χ0n) is 18.1. The third-order valence-electron chi connectivity index (χ3n) is 5.33. The number of nitrogens with zero attached hydrogens (tertiary/aromatic N) is 4. The molecule has 0 bridgehead atoms. The highest BCUT2D eigenvalue weighted by Crippen LogP contribution is 2.36. The van der Waals surface area contributed by atoms with E-state index in [0.717, 1.165) is 22.1 Å². The summed E-state index contributed by atoms with van der Waals surface area (Å²) >= 11 is 1.49. The molecular formula is C24H17F3N4O2S. The van der Waals surface area contributed by atoms with Gasteiger partial charge >= 0.3 is 12.1 Å². The summed E-state index contributed by atoms with van der Waals surface area (Å²) in [5.41, 5.74) is 1.23. The molecule has 4 heterocycles. The normalized spacial score (nSPS) is 11.9. The maximum atomic E-state index is 13.8. The number of halogens is 3. The molecule has 5 aromatic rings. The number of hydrogen-bond donors (Lipinski definition) is 0. The zero-order chi connectivity index (χ0) is 24.0. The first-order valence-corrected chi connectivity index (χ1v) is 11.2. The number of esters is 1. The summed E-state index contributed by atoms with van der Waals surface area (Å²) in [5, 5.41) is 6.51. The first kappa shape index (κ1) is 22.0. The Labute approximate surface area is 195 Å². The molecule has 172 valence electrons. The molecule has 4 aromatic heterocycles. The summed E-state index contributed by atoms with van der Waals surface area (Å²) < 4.78 is 47.6. The Bertz CT molecular complexity index is 1540. The van der Waals surface area contributed by atoms with E-state index in [1.165, 1.54) is 22.8 Å². The first-order chi connectivity index (χ1) is 16.3. The predicted octanol–water partition coefficient (Wildman–Crippen LogP) is 6.18. The highest BCUT2D eigenvalue weighted by Gasteiger charge is 2.39. The van der Waals surface area contributed by atoms with Crippen molar-refractivity contribution in [3.05, 3.63) is 70.7 Å². The lowest BCUT2D eigenvalue weighted by Gasteiger charge is -2.11. The quantitative estimate of drug-likeness (QED) is 0.286. The number of hydrogen-bond acceptors (Lipinski definition) is 6. The van der Waals surface area contributed by atoms with Crippen LogP contribution in [0.1, 0.15) is 28.5 Å². The van der Waals surface area contributed by atoms with Crippen molar-refractivity contribution in [2.24, 2.45) is 0 Å². The van der Waals surface area contributed by atoms with Gasteiger partial charge in [-0.2, -0.15) is 13.2 Å². The number of carbonyl (C=O) groups is 1. The molecule has 6 nitrogen and oxygen atoms in total. The molecule has 0 saturated carbocycles. The number of benzene rings is 1. The van der Waals surface area contributed by atoms with Gasteiger partial charge in [0.05, 0.1) is 33.8 Å². The van der Waals surface area contributed by atoms with E-state index in [1.54, 1.807) is 0 Å². The highest BCUT2D eigenvalue weighted by atomic mass is 32.1. The largest absolute Gasteiger partial charge is 0.462 e. The van der Waals surface area contributed by atoms with E-state index >= 15 is 0 Å². The summed E-state index contributed by atoms with van der Waals surface area (Å²) in [6.07, 6.45) is -4.86. The molecule has 0 aliphatic heterocycles. The second-order valence-corrected chi connectivity index (χ2v) is 8.48. The molecule has 0 amide bonds. The molecule has 34 heavy (non-hydrogen) atoms. The number of aryl methyl sites for hydroxylation is 1. The fraction of sp³-hybridized carbons (Fsp3) is 0.167. The summed E-state index contributed by atoms with van der Waals surface area (Å²) in [6.45, 7) is 3.39. The van der Waals surface area contributed by atoms with Gasteiger partial charge in [0, 0.05) is 5.56 Å². The average Bonchev–Trinajstić information content (AvgIpc) is 3.45. The van der Waals surface area contributed by atoms with Crippen LogP contribution < -0.4 is 0 Å². The Morgan fingerprint density at radius 1 is 1.12 bits per heavy atom. The Morgan fingerprint density at radius 3 is 2.59 bits per heavy atom. The molecule has 5 rings (SSSR count). The molecule has 1 aromatic carbocycles. The lowest BCUT2D eigenvalue weighted by atomic mass is 10.0. The van der Waals surface area contributed by atoms with Gasteiger partial charge in [0.15, 0.2) is 17.0 Å². The Balaban J connectivity index is 1.89. The van der Waals surface area contributed by atoms with Crippen LogP contribution in [0.25, 0.3) is 38.5 Å². The average molecular weight is 482 g/mol. The van der Waals surface area contributed by atoms with Crippen molar-refractivity contribution >= 4 is 34.0 Å². The van der Waals surface area contributed by atoms with Gasteiger partial charge in [0.25, 0.3) is 0 Å². The van der Waals surface area contributed by atoms with Gasteiger partial charge < -0.3 is 4.74 Å². The minimum absolute atomic E-state index is 0.0683. The molecule has 10 heteroatoms. The summed E-state index contributed by atoms with van der Waals surface area (Å²) in [4.78, 5) is 21.7. The highest BCUT2D eigenvalue weighted by molar-refractivity contribution is 7.13. The molecule has 0 radical (unpaired) electrons. The SMILES string of the molecule is CCOC(=O)c1cc2c(nc1C(F)(F)F)nn1c(-c3ccccc3C)cc(-c3cccs3)nc21. The van der Waals surface area contributed by atoms with Gasteiger partial charge in [-0.1, -0.05) is 30.3 Å². The van der Waals surface area contributed by atoms with Crippen LogP contribution in [0.3, 0.4) is 0 Å². The number of ether oxygens (including phenoxy) is 1. The van der Waals surface area contributed by atoms with Crippen molar-refractivity contribution in [3.8, 4) is 21.8 Å². The van der Waals surface area contributed by atoms with Crippen molar-refractivity contribution in [1.82, 2.24) is 19.6 Å². The molecule has 0 aliphatic carbocycles. The lowest BCUT2D eigenvalue weighted by molar-refractivity contribution is -0.141. The Kier molecular flexibility index (Phi) is 5.32. The number of rotatable bonds is 4. The minimum atomic E-state index is -4.86. The molecule has 0 spiro atoms. The molecule has 0 N–H and O–H groups in total. The monoisotopic (exact) mass is 482 g/mol. The Hall–Kier alpha value is -3.79. The summed E-state index contributed by atoms with van der Waals surface area (Å²) in [6, 6.07) is 14.4. The number of thiophene rings is 1. The summed E-state index contributed by atoms with van der Waals surface area (Å²) in [5.74, 6) is -1.10. The number of aromatic nitrogens is 4. The van der Waals surface area contributed by atoms with Crippen LogP contribution in [0, 0.1) is 6.92 Å². The molecule has 0 fully saturated rings. The van der Waals surface area contributed by atoms with Crippen LogP contribution in [-0.2, 0) is 10.9 Å². The standard InChI is InChI=1S/C24H17F3N4O2S/c1-3-33-23(32)15-11-16-21(29-20(15)24(25,26)27)30-31-18(14-8-5-4-7-13(14)2)12-17(28-22(16)31)19-9-6-10-34-19/h4-12H,3H2,1-2H3. The second-order valence-electron chi connectivity index (χ2n) is 7.53. The topological polar surface area (TPSA) is 69.4 Å². The van der Waals surface area contributed by atoms with Crippen LogP contribution >= 0.6 is 11.3 Å². The predicted molar refractivity (Wildman–Crippen MR) is 123 cm³/mol. The molecule has 0 saturated heterocycles. The van der Waals surface area contributed by atoms with Crippen LogP contribution in [0.15, 0.2) is 53.9 Å². The van der Waals surface area contributed by atoms with E-state index in [1.807, 2.05) is 54.8 Å². The second kappa shape index (κ2) is 8.21. The molecule has 0 atom stereocenters. The van der Waals surface area contributed by atoms with Crippen molar-refractivity contribution < 1.29 is 22.7 Å². The number of carbonyl (C=O) groups excluding carboxylic acids is 1. The van der Waals surface area contributed by atoms with Crippen LogP contribution in [-0.4, -0.2) is 32.2 Å². The van der Waals surface area contributed by atoms with Gasteiger partial charge in [-0.05, 0) is 43.0 Å². The van der Waals surface area contributed by atoms with Crippen molar-refractivity contribution in [2.45, 2.75) is 20.0 Å². The number of pyridine rings is 1. The third-order valence-corrected chi connectivity index (χ3v) is 6.22. The van der Waals surface area contributed by atoms with Crippen LogP contribution in [0.2, 0.25) is 0 Å². The van der Waals surface area contributed by atoms with E-state index in [0.29, 0.717) is 17.0 Å². The first-order valence-electron chi connectivity index (χ1n) is 10.4. The third kappa shape index (κ3) is 3.69. The number of fused-ring (bicyclic) bond motifs is 3.